The molecule has 0 unspecified atom stereocenters. The van der Waals surface area contributed by atoms with E-state index in [2.05, 4.69) is 20.3 Å². The first-order valence-electron chi connectivity index (χ1n) is 10.7. The number of carbonyl (C=O) groups excluding carboxylic acids is 1. The van der Waals surface area contributed by atoms with Crippen LogP contribution in [0.5, 0.6) is 0 Å². The molecule has 160 valence electrons. The van der Waals surface area contributed by atoms with Gasteiger partial charge in [0.15, 0.2) is 17.3 Å². The lowest BCUT2D eigenvalue weighted by Crippen LogP contribution is -2.29. The van der Waals surface area contributed by atoms with Crippen molar-refractivity contribution in [3.8, 4) is 5.69 Å². The smallest absolute Gasteiger partial charge is 0.277 e. The third-order valence-electron chi connectivity index (χ3n) is 6.00. The molecule has 1 aliphatic carbocycles. The number of hydrogen-bond donors (Lipinski definition) is 1. The second-order valence-corrected chi connectivity index (χ2v) is 8.04. The summed E-state index contributed by atoms with van der Waals surface area (Å²) in [4.78, 5) is 19.7. The van der Waals surface area contributed by atoms with Crippen molar-refractivity contribution in [1.82, 2.24) is 14.8 Å². The van der Waals surface area contributed by atoms with Crippen LogP contribution in [-0.4, -0.2) is 33.8 Å². The SMILES string of the molecule is O=C(Nc1ccc(N2CCCCC2)cn1)c1nn(-c2ccc(F)c(F)c2)c2c1CCC2. The van der Waals surface area contributed by atoms with Crippen LogP contribution in [-0.2, 0) is 12.8 Å². The number of halogens is 2. The lowest BCUT2D eigenvalue weighted by Gasteiger charge is -2.28. The average molecular weight is 423 g/mol. The molecule has 6 nitrogen and oxygen atoms in total. The minimum Gasteiger partial charge on any atom is -0.370 e. The molecule has 2 aromatic heterocycles. The molecular formula is C23H23F2N5O. The third-order valence-corrected chi connectivity index (χ3v) is 6.00. The number of fused-ring (bicyclic) bond motifs is 1. The van der Waals surface area contributed by atoms with Crippen LogP contribution in [0.2, 0.25) is 0 Å². The summed E-state index contributed by atoms with van der Waals surface area (Å²) in [6, 6.07) is 7.41. The van der Waals surface area contributed by atoms with Crippen LogP contribution in [0, 0.1) is 11.6 Å². The van der Waals surface area contributed by atoms with Gasteiger partial charge in [0, 0.05) is 30.4 Å². The topological polar surface area (TPSA) is 63.1 Å². The molecule has 1 aliphatic heterocycles. The minimum atomic E-state index is -0.941. The first-order valence-corrected chi connectivity index (χ1v) is 10.7. The fourth-order valence-corrected chi connectivity index (χ4v) is 4.42. The van der Waals surface area contributed by atoms with Gasteiger partial charge in [-0.2, -0.15) is 5.10 Å². The largest absolute Gasteiger partial charge is 0.370 e. The number of benzene rings is 1. The van der Waals surface area contributed by atoms with Crippen molar-refractivity contribution >= 4 is 17.4 Å². The van der Waals surface area contributed by atoms with Gasteiger partial charge in [0.05, 0.1) is 17.6 Å². The Morgan fingerprint density at radius 1 is 0.935 bits per heavy atom. The van der Waals surface area contributed by atoms with Gasteiger partial charge in [-0.05, 0) is 62.8 Å². The highest BCUT2D eigenvalue weighted by atomic mass is 19.2. The van der Waals surface area contributed by atoms with Gasteiger partial charge in [-0.15, -0.1) is 0 Å². The molecule has 1 saturated heterocycles. The molecule has 1 N–H and O–H groups in total. The lowest BCUT2D eigenvalue weighted by molar-refractivity contribution is 0.102. The van der Waals surface area contributed by atoms with Crippen LogP contribution in [0.25, 0.3) is 5.69 Å². The Kier molecular flexibility index (Phi) is 5.13. The Bertz CT molecular complexity index is 1120. The number of pyridine rings is 1. The third kappa shape index (κ3) is 3.78. The van der Waals surface area contributed by atoms with E-state index in [4.69, 9.17) is 0 Å². The zero-order chi connectivity index (χ0) is 21.4. The molecule has 3 heterocycles. The number of nitrogens with one attached hydrogen (secondary N) is 1. The molecule has 0 saturated carbocycles. The molecule has 0 atom stereocenters. The summed E-state index contributed by atoms with van der Waals surface area (Å²) in [5.74, 6) is -1.74. The van der Waals surface area contributed by atoms with Gasteiger partial charge < -0.3 is 10.2 Å². The number of carbonyl (C=O) groups is 1. The Morgan fingerprint density at radius 3 is 2.48 bits per heavy atom. The molecule has 31 heavy (non-hydrogen) atoms. The normalized spacial score (nSPS) is 15.7. The maximum Gasteiger partial charge on any atom is 0.277 e. The highest BCUT2D eigenvalue weighted by Gasteiger charge is 2.27. The summed E-state index contributed by atoms with van der Waals surface area (Å²) < 4.78 is 28.6. The minimum absolute atomic E-state index is 0.305. The van der Waals surface area contributed by atoms with E-state index in [0.29, 0.717) is 17.2 Å². The molecule has 3 aromatic rings. The quantitative estimate of drug-likeness (QED) is 0.681. The van der Waals surface area contributed by atoms with Crippen molar-refractivity contribution in [1.29, 1.82) is 0 Å². The summed E-state index contributed by atoms with van der Waals surface area (Å²) in [5.41, 5.74) is 3.48. The van der Waals surface area contributed by atoms with Crippen molar-refractivity contribution in [2.24, 2.45) is 0 Å². The van der Waals surface area contributed by atoms with Crippen molar-refractivity contribution in [3.05, 3.63) is 65.1 Å². The van der Waals surface area contributed by atoms with Crippen LogP contribution >= 0.6 is 0 Å². The molecule has 1 amide bonds. The van der Waals surface area contributed by atoms with Gasteiger partial charge in [-0.1, -0.05) is 0 Å². The molecule has 0 bridgehead atoms. The maximum atomic E-state index is 13.7. The van der Waals surface area contributed by atoms with E-state index < -0.39 is 11.6 Å². The van der Waals surface area contributed by atoms with Crippen LogP contribution in [0.4, 0.5) is 20.3 Å². The standard InChI is InChI=1S/C23H23F2N5O/c24-18-9-7-15(13-19(18)25)30-20-6-4-5-17(20)22(28-30)23(31)27-21-10-8-16(14-26-21)29-11-2-1-3-12-29/h7-10,13-14H,1-6,11-12H2,(H,26,27,31). The maximum absolute atomic E-state index is 13.7. The molecule has 0 radical (unpaired) electrons. The van der Waals surface area contributed by atoms with E-state index in [-0.39, 0.29) is 5.91 Å². The van der Waals surface area contributed by atoms with Crippen molar-refractivity contribution in [2.75, 3.05) is 23.3 Å². The first-order chi connectivity index (χ1) is 15.1. The van der Waals surface area contributed by atoms with Gasteiger partial charge in [0.25, 0.3) is 5.91 Å². The number of hydrogen-bond acceptors (Lipinski definition) is 4. The Hall–Kier alpha value is -3.29. The van der Waals surface area contributed by atoms with Crippen LogP contribution < -0.4 is 10.2 Å². The summed E-state index contributed by atoms with van der Waals surface area (Å²) in [5, 5.41) is 7.26. The number of anilines is 2. The highest BCUT2D eigenvalue weighted by molar-refractivity contribution is 6.03. The number of rotatable bonds is 4. The molecule has 2 aliphatic rings. The van der Waals surface area contributed by atoms with Gasteiger partial charge in [-0.3, -0.25) is 4.79 Å². The van der Waals surface area contributed by atoms with E-state index in [1.54, 1.807) is 16.9 Å². The molecule has 5 rings (SSSR count). The summed E-state index contributed by atoms with van der Waals surface area (Å²) in [6.45, 7) is 2.06. The highest BCUT2D eigenvalue weighted by Crippen LogP contribution is 2.29. The summed E-state index contributed by atoms with van der Waals surface area (Å²) >= 11 is 0. The van der Waals surface area contributed by atoms with Gasteiger partial charge in [0.2, 0.25) is 0 Å². The Morgan fingerprint density at radius 2 is 1.74 bits per heavy atom. The zero-order valence-electron chi connectivity index (χ0n) is 17.1. The average Bonchev–Trinajstić information content (AvgIpc) is 3.40. The predicted molar refractivity (Wildman–Crippen MR) is 114 cm³/mol. The van der Waals surface area contributed by atoms with E-state index in [0.717, 1.165) is 61.4 Å². The van der Waals surface area contributed by atoms with Crippen molar-refractivity contribution < 1.29 is 13.6 Å². The number of piperidine rings is 1. The fourth-order valence-electron chi connectivity index (χ4n) is 4.42. The number of amides is 1. The Balaban J connectivity index is 1.38. The fraction of sp³-hybridized carbons (Fsp3) is 0.348. The van der Waals surface area contributed by atoms with E-state index >= 15 is 0 Å². The van der Waals surface area contributed by atoms with Crippen molar-refractivity contribution in [3.63, 3.8) is 0 Å². The van der Waals surface area contributed by atoms with Gasteiger partial charge in [-0.25, -0.2) is 18.4 Å². The molecule has 8 heteroatoms. The second-order valence-electron chi connectivity index (χ2n) is 8.04. The predicted octanol–water partition coefficient (Wildman–Crippen LogP) is 4.28. The summed E-state index contributed by atoms with van der Waals surface area (Å²) in [6.07, 6.45) is 7.76. The molecular weight excluding hydrogens is 400 g/mol. The second kappa shape index (κ2) is 8.09. The van der Waals surface area contributed by atoms with Crippen LogP contribution in [0.1, 0.15) is 47.4 Å². The van der Waals surface area contributed by atoms with Crippen LogP contribution in [0.15, 0.2) is 36.5 Å². The van der Waals surface area contributed by atoms with E-state index in [9.17, 15) is 13.6 Å². The molecule has 1 fully saturated rings. The summed E-state index contributed by atoms with van der Waals surface area (Å²) in [7, 11) is 0. The van der Waals surface area contributed by atoms with E-state index in [1.807, 2.05) is 6.07 Å². The van der Waals surface area contributed by atoms with E-state index in [1.165, 1.54) is 25.3 Å². The number of aromatic nitrogens is 3. The van der Waals surface area contributed by atoms with Crippen molar-refractivity contribution in [2.45, 2.75) is 38.5 Å². The Labute approximate surface area is 178 Å². The lowest BCUT2D eigenvalue weighted by atomic mass is 10.1. The van der Waals surface area contributed by atoms with Gasteiger partial charge >= 0.3 is 0 Å². The molecule has 1 aromatic carbocycles. The zero-order valence-corrected chi connectivity index (χ0v) is 17.1. The first kappa shape index (κ1) is 19.7. The van der Waals surface area contributed by atoms with Crippen LogP contribution in [0.3, 0.4) is 0 Å². The number of nitrogens with zero attached hydrogens (tertiary/aromatic N) is 4. The van der Waals surface area contributed by atoms with Gasteiger partial charge in [0.1, 0.15) is 5.82 Å². The monoisotopic (exact) mass is 423 g/mol. The molecule has 0 spiro atoms.